The van der Waals surface area contributed by atoms with Crippen LogP contribution in [0.3, 0.4) is 0 Å². The Morgan fingerprint density at radius 2 is 0.962 bits per heavy atom. The number of hydrogen-bond acceptors (Lipinski definition) is 2. The monoisotopic (exact) mass is 420 g/mol. The number of benzene rings is 1. The Hall–Kier alpha value is -0.750. The molecule has 152 valence electrons. The van der Waals surface area contributed by atoms with E-state index >= 15 is 0 Å². The van der Waals surface area contributed by atoms with Gasteiger partial charge in [0, 0.05) is 0 Å². The van der Waals surface area contributed by atoms with Gasteiger partial charge in [-0.3, -0.25) is 0 Å². The molecule has 0 saturated heterocycles. The van der Waals surface area contributed by atoms with Crippen LogP contribution in [-0.2, 0) is 9.46 Å². The Balaban J connectivity index is 4.59. The van der Waals surface area contributed by atoms with Crippen molar-refractivity contribution >= 4 is 20.6 Å². The van der Waals surface area contributed by atoms with Gasteiger partial charge in [0.2, 0.25) is 0 Å². The van der Waals surface area contributed by atoms with Crippen LogP contribution in [0.2, 0.25) is 0 Å². The van der Waals surface area contributed by atoms with Crippen molar-refractivity contribution in [2.45, 2.75) is 65.4 Å². The zero-order valence-corrected chi connectivity index (χ0v) is 17.7. The van der Waals surface area contributed by atoms with Crippen molar-refractivity contribution in [2.24, 2.45) is 0 Å². The molecule has 0 spiro atoms. The SMILES string of the molecule is CCS(=O)(=O)P(c1c(F)c(F)c(F)c(F)c1F)(C(C)C)(C(C)C)C(C)C. The van der Waals surface area contributed by atoms with Crippen LogP contribution in [0.15, 0.2) is 0 Å². The maximum absolute atomic E-state index is 14.9. The molecule has 0 unspecified atom stereocenters. The molecule has 2 nitrogen and oxygen atoms in total. The zero-order valence-electron chi connectivity index (χ0n) is 16.0. The normalized spacial score (nSPS) is 15.0. The quantitative estimate of drug-likeness (QED) is 0.277. The third-order valence-electron chi connectivity index (χ3n) is 5.85. The van der Waals surface area contributed by atoms with Gasteiger partial charge >= 0.3 is 151 Å². The van der Waals surface area contributed by atoms with E-state index in [0.29, 0.717) is 0 Å². The Morgan fingerprint density at radius 3 is 1.19 bits per heavy atom. The predicted octanol–water partition coefficient (Wildman–Crippen LogP) is 5.14. The topological polar surface area (TPSA) is 34.1 Å². The zero-order chi connectivity index (χ0) is 20.9. The molecular weight excluding hydrogens is 394 g/mol. The van der Waals surface area contributed by atoms with E-state index in [1.54, 1.807) is 0 Å². The molecular formula is C17H26F5O2PS. The van der Waals surface area contributed by atoms with Crippen LogP contribution in [0.1, 0.15) is 48.5 Å². The first-order chi connectivity index (χ1) is 11.7. The van der Waals surface area contributed by atoms with E-state index < -0.39 is 72.4 Å². The van der Waals surface area contributed by atoms with Gasteiger partial charge in [-0.2, -0.15) is 0 Å². The van der Waals surface area contributed by atoms with Gasteiger partial charge in [-0.1, -0.05) is 0 Å². The van der Waals surface area contributed by atoms with Crippen molar-refractivity contribution in [3.8, 4) is 0 Å². The average molecular weight is 420 g/mol. The van der Waals surface area contributed by atoms with E-state index in [4.69, 9.17) is 0 Å². The molecule has 1 aromatic carbocycles. The molecule has 0 heterocycles. The molecule has 0 fully saturated rings. The first-order valence-corrected chi connectivity index (χ1v) is 13.1. The molecule has 0 saturated carbocycles. The van der Waals surface area contributed by atoms with E-state index in [2.05, 4.69) is 0 Å². The molecule has 0 amide bonds. The van der Waals surface area contributed by atoms with Crippen LogP contribution < -0.4 is 5.30 Å². The van der Waals surface area contributed by atoms with Gasteiger partial charge in [-0.15, -0.1) is 0 Å². The fourth-order valence-corrected chi connectivity index (χ4v) is 22.7. The molecule has 0 N–H and O–H groups in total. The summed E-state index contributed by atoms with van der Waals surface area (Å²) in [6, 6.07) is 0. The van der Waals surface area contributed by atoms with Gasteiger partial charge in [0.05, 0.1) is 0 Å². The molecule has 0 bridgehead atoms. The summed E-state index contributed by atoms with van der Waals surface area (Å²) in [4.78, 5) is 0. The van der Waals surface area contributed by atoms with Crippen molar-refractivity contribution in [1.29, 1.82) is 0 Å². The van der Waals surface area contributed by atoms with Crippen LogP contribution in [0, 0.1) is 29.1 Å². The van der Waals surface area contributed by atoms with E-state index in [-0.39, 0.29) is 0 Å². The summed E-state index contributed by atoms with van der Waals surface area (Å²) in [6.07, 6.45) is 0. The molecule has 0 aliphatic carbocycles. The van der Waals surface area contributed by atoms with Gasteiger partial charge in [0.25, 0.3) is 0 Å². The minimum atomic E-state index is -4.80. The molecule has 1 aromatic rings. The third-order valence-corrected chi connectivity index (χ3v) is 24.4. The Labute approximate surface area is 151 Å². The fourth-order valence-electron chi connectivity index (χ4n) is 4.97. The van der Waals surface area contributed by atoms with E-state index in [1.807, 2.05) is 0 Å². The molecule has 0 aliphatic rings. The number of rotatable bonds is 6. The van der Waals surface area contributed by atoms with Gasteiger partial charge in [-0.25, -0.2) is 0 Å². The molecule has 9 heteroatoms. The van der Waals surface area contributed by atoms with Crippen molar-refractivity contribution < 1.29 is 30.4 Å². The molecule has 0 aliphatic heterocycles. The summed E-state index contributed by atoms with van der Waals surface area (Å²) in [7, 11) is -4.23. The summed E-state index contributed by atoms with van der Waals surface area (Å²) in [5.41, 5.74) is -2.54. The van der Waals surface area contributed by atoms with Crippen LogP contribution in [0.25, 0.3) is 0 Å². The standard InChI is InChI=1S/C17H26F5O2PS/c1-8-26(23,24)25(9(2)3,10(4)5,11(6)7)17-15(21)13(19)12(18)14(20)16(17)22/h9-11H,8H2,1-7H3. The maximum atomic E-state index is 14.9. The summed E-state index contributed by atoms with van der Waals surface area (Å²) >= 11 is 0. The minimum absolute atomic E-state index is 0.459. The third kappa shape index (κ3) is 2.33. The second-order valence-electron chi connectivity index (χ2n) is 7.31. The molecule has 0 atom stereocenters. The summed E-state index contributed by atoms with van der Waals surface area (Å²) in [6.45, 7) is 10.3. The predicted molar refractivity (Wildman–Crippen MR) is 97.7 cm³/mol. The van der Waals surface area contributed by atoms with Crippen LogP contribution in [0.5, 0.6) is 0 Å². The summed E-state index contributed by atoms with van der Waals surface area (Å²) in [5, 5.41) is -1.13. The van der Waals surface area contributed by atoms with Gasteiger partial charge in [0.1, 0.15) is 0 Å². The van der Waals surface area contributed by atoms with E-state index in [1.165, 1.54) is 48.5 Å². The van der Waals surface area contributed by atoms with Gasteiger partial charge in [-0.05, 0) is 0 Å². The first-order valence-electron chi connectivity index (χ1n) is 8.42. The Kier molecular flexibility index (Phi) is 6.28. The van der Waals surface area contributed by atoms with Crippen molar-refractivity contribution in [1.82, 2.24) is 0 Å². The van der Waals surface area contributed by atoms with Crippen LogP contribution in [0.4, 0.5) is 22.0 Å². The van der Waals surface area contributed by atoms with Gasteiger partial charge in [0.15, 0.2) is 0 Å². The second kappa shape index (κ2) is 7.01. The fraction of sp³-hybridized carbons (Fsp3) is 0.647. The van der Waals surface area contributed by atoms with Crippen molar-refractivity contribution in [2.75, 3.05) is 5.75 Å². The van der Waals surface area contributed by atoms with Crippen molar-refractivity contribution in [3.63, 3.8) is 0 Å². The van der Waals surface area contributed by atoms with Crippen LogP contribution >= 0.6 is 5.81 Å². The van der Waals surface area contributed by atoms with E-state index in [9.17, 15) is 30.4 Å². The second-order valence-corrected chi connectivity index (χ2v) is 19.2. The first kappa shape index (κ1) is 23.3. The van der Waals surface area contributed by atoms with Crippen molar-refractivity contribution in [3.05, 3.63) is 29.1 Å². The summed E-state index contributed by atoms with van der Waals surface area (Å²) in [5.74, 6) is -15.8. The summed E-state index contributed by atoms with van der Waals surface area (Å²) < 4.78 is 98.5. The van der Waals surface area contributed by atoms with Gasteiger partial charge < -0.3 is 0 Å². The Bertz CT molecular complexity index is 765. The van der Waals surface area contributed by atoms with Crippen LogP contribution in [-0.4, -0.2) is 31.1 Å². The number of hydrogen-bond donors (Lipinski definition) is 0. The molecule has 0 radical (unpaired) electrons. The molecule has 0 aromatic heterocycles. The molecule has 1 rings (SSSR count). The number of halogens is 5. The molecule has 26 heavy (non-hydrogen) atoms. The Morgan fingerprint density at radius 1 is 0.692 bits per heavy atom. The van der Waals surface area contributed by atoms with E-state index in [0.717, 1.165) is 0 Å². The average Bonchev–Trinajstić information content (AvgIpc) is 2.53.